The van der Waals surface area contributed by atoms with E-state index in [-0.39, 0.29) is 5.78 Å². The zero-order valence-electron chi connectivity index (χ0n) is 12.1. The largest absolute Gasteiger partial charge is 0.467 e. The van der Waals surface area contributed by atoms with Crippen LogP contribution in [-0.4, -0.2) is 40.2 Å². The normalized spacial score (nSPS) is 17.1. The first-order chi connectivity index (χ1) is 10.5. The number of benzene rings is 1. The number of rotatable bonds is 3. The summed E-state index contributed by atoms with van der Waals surface area (Å²) in [5.41, 5.74) is 2.78. The Balaban J connectivity index is 2.03. The molecule has 1 heterocycles. The number of carbonyl (C=O) groups is 2. The van der Waals surface area contributed by atoms with E-state index in [0.717, 1.165) is 36.4 Å². The monoisotopic (exact) mass is 303 g/mol. The van der Waals surface area contributed by atoms with Crippen LogP contribution in [-0.2, 0) is 16.0 Å². The lowest BCUT2D eigenvalue weighted by Gasteiger charge is -2.16. The van der Waals surface area contributed by atoms with Crippen LogP contribution in [0.3, 0.4) is 0 Å². The first-order valence-corrected chi connectivity index (χ1v) is 7.14. The number of fused-ring (bicyclic) bond motifs is 3. The van der Waals surface area contributed by atoms with Crippen LogP contribution >= 0.6 is 0 Å². The summed E-state index contributed by atoms with van der Waals surface area (Å²) in [6.45, 7) is 0. The van der Waals surface area contributed by atoms with Crippen molar-refractivity contribution in [1.29, 1.82) is 0 Å². The molecule has 6 nitrogen and oxygen atoms in total. The van der Waals surface area contributed by atoms with E-state index in [1.165, 1.54) is 0 Å². The molecule has 116 valence electrons. The molecule has 2 atom stereocenters. The number of ketones is 1. The molecule has 2 aromatic rings. The number of Topliss-reactive ketones (excluding diaryl/α,β-unsaturated/α-hetero) is 1. The molecule has 0 bridgehead atoms. The predicted molar refractivity (Wildman–Crippen MR) is 78.5 cm³/mol. The third kappa shape index (κ3) is 2.30. The SMILES string of the molecule is COC(=O)C(O)C(O)c1ccc2[nH]c3c(c2c1)CCCC3=O. The first-order valence-electron chi connectivity index (χ1n) is 7.14. The lowest BCUT2D eigenvalue weighted by molar-refractivity contribution is -0.156. The molecule has 1 aliphatic carbocycles. The van der Waals surface area contributed by atoms with Gasteiger partial charge in [-0.05, 0) is 36.1 Å². The molecule has 0 radical (unpaired) electrons. The molecule has 6 heteroatoms. The molecule has 1 aliphatic rings. The number of methoxy groups -OCH3 is 1. The van der Waals surface area contributed by atoms with Gasteiger partial charge in [0.25, 0.3) is 0 Å². The first kappa shape index (κ1) is 14.7. The Morgan fingerprint density at radius 2 is 2.09 bits per heavy atom. The van der Waals surface area contributed by atoms with Crippen molar-refractivity contribution < 1.29 is 24.5 Å². The standard InChI is InChI=1S/C16H17NO5/c1-22-16(21)15(20)14(19)8-5-6-11-10(7-8)9-3-2-4-12(18)13(9)17-11/h5-7,14-15,17,19-20H,2-4H2,1H3. The van der Waals surface area contributed by atoms with Gasteiger partial charge in [0.05, 0.1) is 12.8 Å². The molecule has 0 saturated carbocycles. The van der Waals surface area contributed by atoms with E-state index >= 15 is 0 Å². The summed E-state index contributed by atoms with van der Waals surface area (Å²) in [5, 5.41) is 20.7. The minimum Gasteiger partial charge on any atom is -0.467 e. The number of hydrogen-bond acceptors (Lipinski definition) is 5. The maximum absolute atomic E-state index is 11.9. The Morgan fingerprint density at radius 1 is 1.32 bits per heavy atom. The molecule has 0 aliphatic heterocycles. The number of aromatic nitrogens is 1. The maximum Gasteiger partial charge on any atom is 0.337 e. The third-order valence-electron chi connectivity index (χ3n) is 4.12. The van der Waals surface area contributed by atoms with Gasteiger partial charge < -0.3 is 19.9 Å². The van der Waals surface area contributed by atoms with Crippen LogP contribution in [0.2, 0.25) is 0 Å². The summed E-state index contributed by atoms with van der Waals surface area (Å²) >= 11 is 0. The van der Waals surface area contributed by atoms with Gasteiger partial charge in [0.1, 0.15) is 6.10 Å². The Labute approximate surface area is 126 Å². The average molecular weight is 303 g/mol. The van der Waals surface area contributed by atoms with E-state index in [1.54, 1.807) is 18.2 Å². The number of carbonyl (C=O) groups excluding carboxylic acids is 2. The molecule has 3 N–H and O–H groups in total. The van der Waals surface area contributed by atoms with Crippen molar-refractivity contribution in [2.24, 2.45) is 0 Å². The van der Waals surface area contributed by atoms with E-state index in [9.17, 15) is 19.8 Å². The van der Waals surface area contributed by atoms with Crippen molar-refractivity contribution >= 4 is 22.7 Å². The highest BCUT2D eigenvalue weighted by atomic mass is 16.5. The summed E-state index contributed by atoms with van der Waals surface area (Å²) in [7, 11) is 1.15. The summed E-state index contributed by atoms with van der Waals surface area (Å²) in [4.78, 5) is 26.4. The van der Waals surface area contributed by atoms with Gasteiger partial charge in [0, 0.05) is 17.3 Å². The van der Waals surface area contributed by atoms with Crippen LogP contribution in [0.4, 0.5) is 0 Å². The van der Waals surface area contributed by atoms with Crippen molar-refractivity contribution in [3.63, 3.8) is 0 Å². The molecule has 2 unspecified atom stereocenters. The molecule has 22 heavy (non-hydrogen) atoms. The van der Waals surface area contributed by atoms with E-state index in [4.69, 9.17) is 0 Å². The minimum atomic E-state index is -1.64. The predicted octanol–water partition coefficient (Wildman–Crippen LogP) is 1.25. The Kier molecular flexibility index (Phi) is 3.72. The number of aromatic amines is 1. The molecule has 0 amide bonds. The van der Waals surface area contributed by atoms with Crippen molar-refractivity contribution in [3.05, 3.63) is 35.0 Å². The van der Waals surface area contributed by atoms with Crippen LogP contribution in [0.15, 0.2) is 18.2 Å². The van der Waals surface area contributed by atoms with Gasteiger partial charge in [0.15, 0.2) is 11.9 Å². The highest BCUT2D eigenvalue weighted by Gasteiger charge is 2.28. The Bertz CT molecular complexity index is 748. The smallest absolute Gasteiger partial charge is 0.337 e. The molecule has 3 rings (SSSR count). The van der Waals surface area contributed by atoms with Gasteiger partial charge in [0.2, 0.25) is 0 Å². The number of nitrogens with one attached hydrogen (secondary N) is 1. The second-order valence-corrected chi connectivity index (χ2v) is 5.47. The fourth-order valence-electron chi connectivity index (χ4n) is 2.93. The number of esters is 1. The summed E-state index contributed by atoms with van der Waals surface area (Å²) in [6, 6.07) is 5.06. The zero-order chi connectivity index (χ0) is 15.9. The summed E-state index contributed by atoms with van der Waals surface area (Å²) < 4.78 is 4.43. The van der Waals surface area contributed by atoms with Crippen LogP contribution in [0.5, 0.6) is 0 Å². The van der Waals surface area contributed by atoms with E-state index in [2.05, 4.69) is 9.72 Å². The number of ether oxygens (including phenoxy) is 1. The van der Waals surface area contributed by atoms with E-state index < -0.39 is 18.2 Å². The second kappa shape index (κ2) is 5.55. The fraction of sp³-hybridized carbons (Fsp3) is 0.375. The third-order valence-corrected chi connectivity index (χ3v) is 4.12. The van der Waals surface area contributed by atoms with Gasteiger partial charge >= 0.3 is 5.97 Å². The highest BCUT2D eigenvalue weighted by Crippen LogP contribution is 2.31. The molecule has 0 fully saturated rings. The number of hydrogen-bond donors (Lipinski definition) is 3. The van der Waals surface area contributed by atoms with Gasteiger partial charge in [-0.1, -0.05) is 6.07 Å². The van der Waals surface area contributed by atoms with Crippen LogP contribution in [0, 0.1) is 0 Å². The lowest BCUT2D eigenvalue weighted by Crippen LogP contribution is -2.29. The van der Waals surface area contributed by atoms with E-state index in [1.807, 2.05) is 0 Å². The van der Waals surface area contributed by atoms with Gasteiger partial charge in [-0.25, -0.2) is 4.79 Å². The van der Waals surface area contributed by atoms with Gasteiger partial charge in [-0.3, -0.25) is 4.79 Å². The molecule has 1 aromatic heterocycles. The molecule has 1 aromatic carbocycles. The minimum absolute atomic E-state index is 0.0918. The summed E-state index contributed by atoms with van der Waals surface area (Å²) in [5.74, 6) is -0.798. The quantitative estimate of drug-likeness (QED) is 0.741. The van der Waals surface area contributed by atoms with Crippen molar-refractivity contribution in [3.8, 4) is 0 Å². The Morgan fingerprint density at radius 3 is 2.82 bits per heavy atom. The average Bonchev–Trinajstić information content (AvgIpc) is 2.92. The van der Waals surface area contributed by atoms with Crippen molar-refractivity contribution in [2.45, 2.75) is 31.5 Å². The molecule has 0 spiro atoms. The molecular formula is C16H17NO5. The number of aryl methyl sites for hydroxylation is 1. The summed E-state index contributed by atoms with van der Waals surface area (Å²) in [6.07, 6.45) is -0.882. The number of aliphatic hydroxyl groups is 2. The van der Waals surface area contributed by atoms with Crippen LogP contribution in [0.25, 0.3) is 10.9 Å². The van der Waals surface area contributed by atoms with Gasteiger partial charge in [-0.2, -0.15) is 0 Å². The topological polar surface area (TPSA) is 99.6 Å². The lowest BCUT2D eigenvalue weighted by atomic mass is 9.93. The molecular weight excluding hydrogens is 286 g/mol. The fourth-order valence-corrected chi connectivity index (χ4v) is 2.93. The second-order valence-electron chi connectivity index (χ2n) is 5.47. The van der Waals surface area contributed by atoms with Crippen LogP contribution in [0.1, 0.15) is 40.6 Å². The zero-order valence-corrected chi connectivity index (χ0v) is 12.1. The maximum atomic E-state index is 11.9. The van der Waals surface area contributed by atoms with Crippen molar-refractivity contribution in [2.75, 3.05) is 7.11 Å². The van der Waals surface area contributed by atoms with Gasteiger partial charge in [-0.15, -0.1) is 0 Å². The van der Waals surface area contributed by atoms with Crippen LogP contribution < -0.4 is 0 Å². The number of H-pyrrole nitrogens is 1. The number of aliphatic hydroxyl groups excluding tert-OH is 2. The van der Waals surface area contributed by atoms with E-state index in [0.29, 0.717) is 17.7 Å². The highest BCUT2D eigenvalue weighted by molar-refractivity contribution is 6.03. The van der Waals surface area contributed by atoms with Crippen molar-refractivity contribution in [1.82, 2.24) is 4.98 Å². The molecule has 0 saturated heterocycles. The Hall–Kier alpha value is -2.18.